The Morgan fingerprint density at radius 1 is 0.957 bits per heavy atom. The van der Waals surface area contributed by atoms with E-state index in [1.54, 1.807) is 0 Å². The smallest absolute Gasteiger partial charge is 0.304 e. The van der Waals surface area contributed by atoms with Crippen LogP contribution in [0.3, 0.4) is 0 Å². The number of nitrogens with zero attached hydrogens (tertiary/aromatic N) is 1. The summed E-state index contributed by atoms with van der Waals surface area (Å²) in [6.07, 6.45) is 2.48. The molecule has 0 saturated carbocycles. The molecule has 23 heavy (non-hydrogen) atoms. The second-order valence-electron chi connectivity index (χ2n) is 4.54. The Bertz CT molecular complexity index is 596. The first-order chi connectivity index (χ1) is 10.6. The molecule has 0 aliphatic rings. The van der Waals surface area contributed by atoms with Crippen LogP contribution in [0.5, 0.6) is 0 Å². The third-order valence-electron chi connectivity index (χ3n) is 2.85. The van der Waals surface area contributed by atoms with Gasteiger partial charge in [-0.2, -0.15) is 16.8 Å². The van der Waals surface area contributed by atoms with Gasteiger partial charge in [0.25, 0.3) is 0 Å². The van der Waals surface area contributed by atoms with Crippen molar-refractivity contribution in [1.29, 1.82) is 0 Å². The van der Waals surface area contributed by atoms with Gasteiger partial charge in [0.1, 0.15) is 0 Å². The van der Waals surface area contributed by atoms with Crippen molar-refractivity contribution in [2.24, 2.45) is 0 Å². The van der Waals surface area contributed by atoms with Crippen molar-refractivity contribution >= 4 is 20.8 Å². The maximum Gasteiger partial charge on any atom is 0.413 e. The molecule has 0 radical (unpaired) electrons. The number of benzene rings is 1. The van der Waals surface area contributed by atoms with Crippen molar-refractivity contribution in [1.82, 2.24) is 4.90 Å². The van der Waals surface area contributed by atoms with E-state index in [1.165, 1.54) is 38.0 Å². The summed E-state index contributed by atoms with van der Waals surface area (Å²) in [4.78, 5) is 2.48. The fourth-order valence-electron chi connectivity index (χ4n) is 1.80. The highest BCUT2D eigenvalue weighted by Crippen LogP contribution is 2.03. The predicted molar refractivity (Wildman–Crippen MR) is 86.7 cm³/mol. The van der Waals surface area contributed by atoms with E-state index in [0.29, 0.717) is 0 Å². The van der Waals surface area contributed by atoms with Crippen molar-refractivity contribution in [3.63, 3.8) is 0 Å². The average molecular weight is 369 g/mol. The van der Waals surface area contributed by atoms with Crippen LogP contribution in [0.25, 0.3) is 0 Å². The van der Waals surface area contributed by atoms with E-state index in [4.69, 9.17) is 9.11 Å². The maximum atomic E-state index is 9.44. The number of hydrogen-bond acceptors (Lipinski definition) is 6. The van der Waals surface area contributed by atoms with Crippen LogP contribution in [-0.2, 0) is 30.8 Å². The summed E-state index contributed by atoms with van der Waals surface area (Å²) >= 11 is 0. The molecular formula is C13H23NO7S2. The van der Waals surface area contributed by atoms with Gasteiger partial charge < -0.3 is 4.90 Å². The minimum Gasteiger partial charge on any atom is -0.304 e. The highest BCUT2D eigenvalue weighted by molar-refractivity contribution is 7.94. The minimum absolute atomic E-state index is 1.17. The summed E-state index contributed by atoms with van der Waals surface area (Å²) in [5.41, 5.74) is 1.46. The molecule has 0 fully saturated rings. The monoisotopic (exact) mass is 369 g/mol. The van der Waals surface area contributed by atoms with E-state index >= 15 is 0 Å². The molecule has 8 nitrogen and oxygen atoms in total. The molecule has 0 spiro atoms. The quantitative estimate of drug-likeness (QED) is 0.662. The molecule has 0 heterocycles. The van der Waals surface area contributed by atoms with E-state index in [2.05, 4.69) is 52.7 Å². The zero-order valence-corrected chi connectivity index (χ0v) is 14.8. The summed E-state index contributed by atoms with van der Waals surface area (Å²) in [6.45, 7) is 8.02. The molecule has 0 aliphatic heterocycles. The van der Waals surface area contributed by atoms with E-state index in [-0.39, 0.29) is 0 Å². The largest absolute Gasteiger partial charge is 0.413 e. The zero-order valence-electron chi connectivity index (χ0n) is 13.1. The SMILES string of the molecule is CCN(CC)CCCc1ccccc1.O=S(=O)(O)OS(=O)(=O)O. The Morgan fingerprint density at radius 2 is 1.43 bits per heavy atom. The first-order valence-corrected chi connectivity index (χ1v) is 9.72. The lowest BCUT2D eigenvalue weighted by molar-refractivity contribution is 0.300. The maximum absolute atomic E-state index is 9.44. The molecule has 0 atom stereocenters. The molecular weight excluding hydrogens is 346 g/mol. The highest BCUT2D eigenvalue weighted by atomic mass is 32.3. The van der Waals surface area contributed by atoms with Crippen molar-refractivity contribution in [3.05, 3.63) is 35.9 Å². The van der Waals surface area contributed by atoms with Gasteiger partial charge >= 0.3 is 20.8 Å². The van der Waals surface area contributed by atoms with Crippen LogP contribution < -0.4 is 0 Å². The second kappa shape index (κ2) is 10.7. The second-order valence-corrected chi connectivity index (χ2v) is 6.79. The van der Waals surface area contributed by atoms with Gasteiger partial charge in [-0.15, -0.1) is 3.63 Å². The molecule has 0 aliphatic carbocycles. The summed E-state index contributed by atoms with van der Waals surface area (Å²) in [5, 5.41) is 0. The highest BCUT2D eigenvalue weighted by Gasteiger charge is 2.15. The van der Waals surface area contributed by atoms with E-state index in [9.17, 15) is 16.8 Å². The van der Waals surface area contributed by atoms with Crippen molar-refractivity contribution in [3.8, 4) is 0 Å². The van der Waals surface area contributed by atoms with Gasteiger partial charge in [0, 0.05) is 0 Å². The van der Waals surface area contributed by atoms with Crippen LogP contribution in [-0.4, -0.2) is 50.5 Å². The normalized spacial score (nSPS) is 11.9. The average Bonchev–Trinajstić information content (AvgIpc) is 2.41. The van der Waals surface area contributed by atoms with Gasteiger partial charge in [-0.25, -0.2) is 0 Å². The predicted octanol–water partition coefficient (Wildman–Crippen LogP) is 1.57. The molecule has 0 aromatic heterocycles. The lowest BCUT2D eigenvalue weighted by Gasteiger charge is -2.17. The molecule has 2 N–H and O–H groups in total. The van der Waals surface area contributed by atoms with E-state index < -0.39 is 20.8 Å². The van der Waals surface area contributed by atoms with Crippen molar-refractivity contribution in [2.45, 2.75) is 26.7 Å². The van der Waals surface area contributed by atoms with Gasteiger partial charge in [0.15, 0.2) is 0 Å². The van der Waals surface area contributed by atoms with Gasteiger partial charge in [-0.3, -0.25) is 9.11 Å². The van der Waals surface area contributed by atoms with Gasteiger partial charge in [0.2, 0.25) is 0 Å². The molecule has 0 saturated heterocycles. The number of hydrogen-bond donors (Lipinski definition) is 2. The van der Waals surface area contributed by atoms with Gasteiger partial charge in [-0.1, -0.05) is 44.2 Å². The van der Waals surface area contributed by atoms with Crippen LogP contribution in [0.1, 0.15) is 25.8 Å². The standard InChI is InChI=1S/C13H21N.H2O7S2/c1-3-14(4-2)12-8-11-13-9-6-5-7-10-13;1-8(2,3)7-9(4,5)6/h5-7,9-10H,3-4,8,11-12H2,1-2H3;(H,1,2,3)(H,4,5,6). The van der Waals surface area contributed by atoms with Gasteiger partial charge in [0.05, 0.1) is 0 Å². The van der Waals surface area contributed by atoms with E-state index in [1.807, 2.05) is 0 Å². The lowest BCUT2D eigenvalue weighted by Crippen LogP contribution is -2.24. The topological polar surface area (TPSA) is 121 Å². The molecule has 1 aromatic carbocycles. The molecule has 0 amide bonds. The van der Waals surface area contributed by atoms with Crippen LogP contribution in [0, 0.1) is 0 Å². The summed E-state index contributed by atoms with van der Waals surface area (Å²) in [5.74, 6) is 0. The molecule has 134 valence electrons. The lowest BCUT2D eigenvalue weighted by atomic mass is 10.1. The summed E-state index contributed by atoms with van der Waals surface area (Å²) in [6, 6.07) is 10.7. The Balaban J connectivity index is 0.000000468. The third kappa shape index (κ3) is 14.3. The molecule has 1 aromatic rings. The Morgan fingerprint density at radius 3 is 1.78 bits per heavy atom. The Labute approximate surface area is 138 Å². The molecule has 0 unspecified atom stereocenters. The van der Waals surface area contributed by atoms with Crippen molar-refractivity contribution < 1.29 is 29.6 Å². The number of rotatable bonds is 8. The Hall–Kier alpha value is -1.04. The number of aryl methyl sites for hydroxylation is 1. The van der Waals surface area contributed by atoms with Crippen LogP contribution in [0.4, 0.5) is 0 Å². The first kappa shape index (κ1) is 22.0. The van der Waals surface area contributed by atoms with Crippen LogP contribution in [0.2, 0.25) is 0 Å². The third-order valence-corrected chi connectivity index (χ3v) is 4.22. The molecule has 10 heteroatoms. The van der Waals surface area contributed by atoms with E-state index in [0.717, 1.165) is 0 Å². The summed E-state index contributed by atoms with van der Waals surface area (Å²) < 4.78 is 55.6. The zero-order chi connectivity index (χ0) is 17.9. The van der Waals surface area contributed by atoms with Crippen molar-refractivity contribution in [2.75, 3.05) is 19.6 Å². The molecule has 1 rings (SSSR count). The fraction of sp³-hybridized carbons (Fsp3) is 0.538. The fourth-order valence-corrected chi connectivity index (χ4v) is 2.67. The first-order valence-electron chi connectivity index (χ1n) is 6.99. The van der Waals surface area contributed by atoms with Gasteiger partial charge in [-0.05, 0) is 38.0 Å². The minimum atomic E-state index is -5.12. The summed E-state index contributed by atoms with van der Waals surface area (Å²) in [7, 11) is -10.2. The van der Waals surface area contributed by atoms with Crippen LogP contribution in [0.15, 0.2) is 30.3 Å². The van der Waals surface area contributed by atoms with Crippen LogP contribution >= 0.6 is 0 Å². The molecule has 0 bridgehead atoms. The Kier molecular flexibility index (Phi) is 10.2.